The van der Waals surface area contributed by atoms with E-state index < -0.39 is 0 Å². The van der Waals surface area contributed by atoms with Gasteiger partial charge in [-0.1, -0.05) is 25.1 Å². The Balaban J connectivity index is 1.58. The van der Waals surface area contributed by atoms with E-state index in [1.165, 1.54) is 9.36 Å². The average Bonchev–Trinajstić information content (AvgIpc) is 2.77. The summed E-state index contributed by atoms with van der Waals surface area (Å²) in [6, 6.07) is 18.1. The molecule has 2 heterocycles. The van der Waals surface area contributed by atoms with Gasteiger partial charge in [0.25, 0.3) is 0 Å². The van der Waals surface area contributed by atoms with Gasteiger partial charge in [0.1, 0.15) is 12.4 Å². The molecule has 4 rings (SSSR count). The van der Waals surface area contributed by atoms with Gasteiger partial charge in [0.05, 0.1) is 11.4 Å². The summed E-state index contributed by atoms with van der Waals surface area (Å²) in [6.45, 7) is 6.55. The maximum atomic E-state index is 12.1. The minimum absolute atomic E-state index is 0.0933. The Morgan fingerprint density at radius 2 is 1.83 bits per heavy atom. The molecule has 0 amide bonds. The van der Waals surface area contributed by atoms with Crippen LogP contribution in [0.1, 0.15) is 29.3 Å². The molecule has 4 aromatic rings. The van der Waals surface area contributed by atoms with Gasteiger partial charge < -0.3 is 4.74 Å². The fourth-order valence-electron chi connectivity index (χ4n) is 3.54. The third kappa shape index (κ3) is 3.68. The van der Waals surface area contributed by atoms with E-state index in [1.54, 1.807) is 7.05 Å². The van der Waals surface area contributed by atoms with Crippen LogP contribution in [0.3, 0.4) is 0 Å². The van der Waals surface area contributed by atoms with Gasteiger partial charge in [-0.3, -0.25) is 4.98 Å². The second-order valence-electron chi connectivity index (χ2n) is 7.49. The average molecular weight is 402 g/mol. The SMILES string of the molecule is CCc1cccc(-c2ccc(OCc3c(C)cccc3-n3[nH]n(C)c3=O)c(C)c2)n1. The summed E-state index contributed by atoms with van der Waals surface area (Å²) >= 11 is 0. The first-order chi connectivity index (χ1) is 14.5. The van der Waals surface area contributed by atoms with E-state index in [-0.39, 0.29) is 5.69 Å². The number of ether oxygens (including phenoxy) is 1. The molecule has 2 aromatic heterocycles. The van der Waals surface area contributed by atoms with Crippen LogP contribution in [-0.2, 0) is 20.1 Å². The molecule has 0 saturated carbocycles. The highest BCUT2D eigenvalue weighted by Gasteiger charge is 2.14. The predicted molar refractivity (Wildman–Crippen MR) is 118 cm³/mol. The van der Waals surface area contributed by atoms with Crippen LogP contribution in [0.15, 0.2) is 59.4 Å². The lowest BCUT2D eigenvalue weighted by Crippen LogP contribution is -2.40. The van der Waals surface area contributed by atoms with Crippen LogP contribution in [-0.4, -0.2) is 19.6 Å². The zero-order chi connectivity index (χ0) is 21.3. The number of H-pyrrole nitrogens is 1. The van der Waals surface area contributed by atoms with Gasteiger partial charge in [0.2, 0.25) is 0 Å². The Morgan fingerprint density at radius 1 is 1.03 bits per heavy atom. The van der Waals surface area contributed by atoms with Crippen molar-refractivity contribution in [3.05, 3.63) is 87.5 Å². The van der Waals surface area contributed by atoms with Crippen molar-refractivity contribution in [2.75, 3.05) is 0 Å². The van der Waals surface area contributed by atoms with Crippen LogP contribution in [0.4, 0.5) is 0 Å². The highest BCUT2D eigenvalue weighted by Crippen LogP contribution is 2.27. The lowest BCUT2D eigenvalue weighted by molar-refractivity contribution is 0.301. The maximum absolute atomic E-state index is 12.1. The van der Waals surface area contributed by atoms with Crippen LogP contribution in [0, 0.1) is 13.8 Å². The summed E-state index contributed by atoms with van der Waals surface area (Å²) in [5.41, 5.74) is 6.94. The molecule has 0 bridgehead atoms. The molecule has 0 unspecified atom stereocenters. The van der Waals surface area contributed by atoms with Gasteiger partial charge in [-0.25, -0.2) is 14.7 Å². The van der Waals surface area contributed by atoms with Gasteiger partial charge in [-0.05, 0) is 67.8 Å². The number of aromatic amines is 1. The Kier molecular flexibility index (Phi) is 5.31. The van der Waals surface area contributed by atoms with Crippen molar-refractivity contribution >= 4 is 0 Å². The normalized spacial score (nSPS) is 11.1. The van der Waals surface area contributed by atoms with Gasteiger partial charge in [0.15, 0.2) is 0 Å². The molecule has 2 aromatic carbocycles. The smallest absolute Gasteiger partial charge is 0.364 e. The number of nitrogens with one attached hydrogen (secondary N) is 1. The van der Waals surface area contributed by atoms with Crippen molar-refractivity contribution in [2.24, 2.45) is 7.05 Å². The fraction of sp³-hybridized carbons (Fsp3) is 0.250. The highest BCUT2D eigenvalue weighted by molar-refractivity contribution is 5.62. The second kappa shape index (κ2) is 8.06. The molecule has 0 atom stereocenters. The van der Waals surface area contributed by atoms with E-state index in [9.17, 15) is 4.79 Å². The number of nitrogens with zero attached hydrogens (tertiary/aromatic N) is 3. The topological polar surface area (TPSA) is 64.8 Å². The molecule has 0 aliphatic rings. The van der Waals surface area contributed by atoms with Crippen LogP contribution < -0.4 is 10.4 Å². The molecule has 154 valence electrons. The summed E-state index contributed by atoms with van der Waals surface area (Å²) in [6.07, 6.45) is 0.914. The minimum Gasteiger partial charge on any atom is -0.489 e. The summed E-state index contributed by atoms with van der Waals surface area (Å²) in [4.78, 5) is 16.8. The van der Waals surface area contributed by atoms with Gasteiger partial charge in [-0.2, -0.15) is 4.68 Å². The fourth-order valence-corrected chi connectivity index (χ4v) is 3.54. The van der Waals surface area contributed by atoms with Crippen molar-refractivity contribution in [3.63, 3.8) is 0 Å². The molecular weight excluding hydrogens is 376 g/mol. The van der Waals surface area contributed by atoms with Crippen molar-refractivity contribution in [3.8, 4) is 22.7 Å². The number of pyridine rings is 1. The van der Waals surface area contributed by atoms with E-state index in [2.05, 4.69) is 18.2 Å². The summed E-state index contributed by atoms with van der Waals surface area (Å²) in [5, 5.41) is 2.98. The lowest BCUT2D eigenvalue weighted by Gasteiger charge is -2.19. The first kappa shape index (κ1) is 19.8. The Bertz CT molecular complexity index is 1250. The second-order valence-corrected chi connectivity index (χ2v) is 7.49. The van der Waals surface area contributed by atoms with Crippen LogP contribution in [0.25, 0.3) is 16.9 Å². The maximum Gasteiger partial charge on any atom is 0.364 e. The number of rotatable bonds is 6. The van der Waals surface area contributed by atoms with Crippen molar-refractivity contribution in [1.29, 1.82) is 0 Å². The first-order valence-electron chi connectivity index (χ1n) is 10.1. The van der Waals surface area contributed by atoms with Crippen LogP contribution in [0.5, 0.6) is 5.75 Å². The summed E-state index contributed by atoms with van der Waals surface area (Å²) < 4.78 is 9.14. The largest absolute Gasteiger partial charge is 0.489 e. The molecule has 0 fully saturated rings. The molecule has 30 heavy (non-hydrogen) atoms. The first-order valence-corrected chi connectivity index (χ1v) is 10.1. The molecule has 0 aliphatic carbocycles. The number of benzene rings is 2. The highest BCUT2D eigenvalue weighted by atomic mass is 16.5. The predicted octanol–water partition coefficient (Wildman–Crippen LogP) is 4.32. The third-order valence-corrected chi connectivity index (χ3v) is 5.37. The minimum atomic E-state index is -0.0933. The zero-order valence-electron chi connectivity index (χ0n) is 17.8. The lowest BCUT2D eigenvalue weighted by atomic mass is 10.1. The quantitative estimate of drug-likeness (QED) is 0.522. The van der Waals surface area contributed by atoms with Crippen LogP contribution >= 0.6 is 0 Å². The van der Waals surface area contributed by atoms with E-state index >= 15 is 0 Å². The van der Waals surface area contributed by atoms with Gasteiger partial charge in [0, 0.05) is 23.9 Å². The molecule has 0 saturated heterocycles. The molecule has 6 heteroatoms. The molecular formula is C24H26N4O2. The Morgan fingerprint density at radius 3 is 2.53 bits per heavy atom. The van der Waals surface area contributed by atoms with Crippen molar-refractivity contribution < 1.29 is 4.74 Å². The van der Waals surface area contributed by atoms with E-state index in [4.69, 9.17) is 9.72 Å². The molecule has 0 radical (unpaired) electrons. The summed E-state index contributed by atoms with van der Waals surface area (Å²) in [5.74, 6) is 0.819. The Hall–Kier alpha value is -3.54. The van der Waals surface area contributed by atoms with Crippen LogP contribution in [0.2, 0.25) is 0 Å². The zero-order valence-corrected chi connectivity index (χ0v) is 17.8. The number of hydrogen-bond acceptors (Lipinski definition) is 3. The number of hydrogen-bond donors (Lipinski definition) is 1. The molecule has 0 spiro atoms. The molecule has 1 N–H and O–H groups in total. The van der Waals surface area contributed by atoms with Crippen molar-refractivity contribution in [1.82, 2.24) is 19.6 Å². The molecule has 0 aliphatic heterocycles. The van der Waals surface area contributed by atoms with Gasteiger partial charge >= 0.3 is 5.69 Å². The summed E-state index contributed by atoms with van der Waals surface area (Å²) in [7, 11) is 1.70. The van der Waals surface area contributed by atoms with Gasteiger partial charge in [-0.15, -0.1) is 0 Å². The number of aryl methyl sites for hydroxylation is 4. The Labute approximate surface area is 175 Å². The van der Waals surface area contributed by atoms with Crippen molar-refractivity contribution in [2.45, 2.75) is 33.8 Å². The molecule has 6 nitrogen and oxygen atoms in total. The number of aromatic nitrogens is 4. The van der Waals surface area contributed by atoms with E-state index in [0.717, 1.165) is 51.5 Å². The monoisotopic (exact) mass is 402 g/mol. The van der Waals surface area contributed by atoms with E-state index in [1.807, 2.05) is 62.4 Å². The van der Waals surface area contributed by atoms with E-state index in [0.29, 0.717) is 6.61 Å². The third-order valence-electron chi connectivity index (χ3n) is 5.37. The standard InChI is InChI=1S/C24H26N4O2/c1-5-19-9-7-10-21(25-19)18-12-13-23(17(3)14-18)30-15-20-16(2)8-6-11-22(20)28-24(29)27(4)26-28/h6-14,26H,5,15H2,1-4H3.